The molecule has 1 unspecified atom stereocenters. The minimum Gasteiger partial charge on any atom is -0.355 e. The smallest absolute Gasteiger partial charge is 0.243 e. The Labute approximate surface area is 230 Å². The summed E-state index contributed by atoms with van der Waals surface area (Å²) in [5, 5.41) is 3.45. The van der Waals surface area contributed by atoms with Gasteiger partial charge in [-0.15, -0.1) is 0 Å². The van der Waals surface area contributed by atoms with Gasteiger partial charge in [0.2, 0.25) is 21.8 Å². The molecule has 2 amide bonds. The highest BCUT2D eigenvalue weighted by Gasteiger charge is 2.30. The molecule has 3 rings (SSSR count). The Morgan fingerprint density at radius 1 is 0.895 bits per heavy atom. The van der Waals surface area contributed by atoms with Crippen LogP contribution in [0.2, 0.25) is 5.02 Å². The third-order valence-corrected chi connectivity index (χ3v) is 8.33. The number of sulfonamides is 1. The van der Waals surface area contributed by atoms with E-state index in [0.29, 0.717) is 24.4 Å². The Morgan fingerprint density at radius 3 is 2.11 bits per heavy atom. The van der Waals surface area contributed by atoms with Gasteiger partial charge in [0.05, 0.1) is 4.90 Å². The number of hydrogen-bond donors (Lipinski definition) is 1. The lowest BCUT2D eigenvalue weighted by molar-refractivity contribution is -0.141. The molecule has 3 aromatic carbocycles. The maximum Gasteiger partial charge on any atom is 0.243 e. The molecule has 0 aromatic heterocycles. The van der Waals surface area contributed by atoms with E-state index >= 15 is 0 Å². The molecule has 9 heteroatoms. The Hall–Kier alpha value is -3.20. The van der Waals surface area contributed by atoms with Gasteiger partial charge in [-0.25, -0.2) is 12.7 Å². The van der Waals surface area contributed by atoms with E-state index in [1.54, 1.807) is 47.4 Å². The Bertz CT molecular complexity index is 1290. The van der Waals surface area contributed by atoms with Gasteiger partial charge in [-0.05, 0) is 48.7 Å². The van der Waals surface area contributed by atoms with Crippen molar-refractivity contribution in [2.45, 2.75) is 43.7 Å². The maximum atomic E-state index is 13.6. The van der Waals surface area contributed by atoms with Gasteiger partial charge in [0, 0.05) is 44.5 Å². The average Bonchev–Trinajstić information content (AvgIpc) is 2.92. The van der Waals surface area contributed by atoms with Gasteiger partial charge in [-0.1, -0.05) is 72.3 Å². The van der Waals surface area contributed by atoms with Gasteiger partial charge in [0.25, 0.3) is 0 Å². The third kappa shape index (κ3) is 8.15. The topological polar surface area (TPSA) is 86.8 Å². The molecule has 1 atom stereocenters. The van der Waals surface area contributed by atoms with E-state index in [4.69, 9.17) is 11.6 Å². The van der Waals surface area contributed by atoms with Crippen molar-refractivity contribution in [2.75, 3.05) is 20.1 Å². The summed E-state index contributed by atoms with van der Waals surface area (Å²) in [6, 6.07) is 24.2. The fourth-order valence-corrected chi connectivity index (χ4v) is 5.48. The quantitative estimate of drug-likeness (QED) is 0.336. The second kappa shape index (κ2) is 14.1. The monoisotopic (exact) mass is 555 g/mol. The lowest BCUT2D eigenvalue weighted by Gasteiger charge is -2.31. The summed E-state index contributed by atoms with van der Waals surface area (Å²) in [4.78, 5) is 28.6. The van der Waals surface area contributed by atoms with E-state index < -0.39 is 16.1 Å². The number of halogens is 1. The van der Waals surface area contributed by atoms with Crippen LogP contribution in [0.15, 0.2) is 89.8 Å². The number of nitrogens with zero attached hydrogens (tertiary/aromatic N) is 2. The summed E-state index contributed by atoms with van der Waals surface area (Å²) in [7, 11) is -2.15. The van der Waals surface area contributed by atoms with E-state index in [9.17, 15) is 18.0 Å². The number of carbonyl (C=O) groups excluding carboxylic acids is 2. The van der Waals surface area contributed by atoms with E-state index in [-0.39, 0.29) is 36.2 Å². The summed E-state index contributed by atoms with van der Waals surface area (Å²) in [6.07, 6.45) is 0.757. The number of likely N-dealkylation sites (N-methyl/N-ethyl adjacent to an activating group) is 1. The molecule has 38 heavy (non-hydrogen) atoms. The Kier molecular flexibility index (Phi) is 10.9. The SMILES string of the molecule is CCNC(=O)C(Cc1ccccc1)N(Cc1ccc(Cl)cc1)C(=O)CCCN(C)S(=O)(=O)c1ccccc1. The van der Waals surface area contributed by atoms with Crippen molar-refractivity contribution in [2.24, 2.45) is 0 Å². The summed E-state index contributed by atoms with van der Waals surface area (Å²) in [5.74, 6) is -0.458. The highest BCUT2D eigenvalue weighted by Crippen LogP contribution is 2.19. The molecule has 0 fully saturated rings. The molecular weight excluding hydrogens is 522 g/mol. The van der Waals surface area contributed by atoms with Crippen molar-refractivity contribution in [3.8, 4) is 0 Å². The van der Waals surface area contributed by atoms with Crippen LogP contribution in [-0.4, -0.2) is 55.6 Å². The first-order valence-corrected chi connectivity index (χ1v) is 14.4. The van der Waals surface area contributed by atoms with Crippen LogP contribution in [0.25, 0.3) is 0 Å². The second-order valence-corrected chi connectivity index (χ2v) is 11.5. The number of benzene rings is 3. The van der Waals surface area contributed by atoms with Crippen LogP contribution in [-0.2, 0) is 32.6 Å². The molecule has 7 nitrogen and oxygen atoms in total. The van der Waals surface area contributed by atoms with Gasteiger partial charge in [0.1, 0.15) is 6.04 Å². The van der Waals surface area contributed by atoms with E-state index in [1.165, 1.54) is 11.4 Å². The van der Waals surface area contributed by atoms with Crippen LogP contribution in [0.3, 0.4) is 0 Å². The standard InChI is InChI=1S/C29H34ClN3O4S/c1-3-31-29(35)27(21-23-11-6-4-7-12-23)33(22-24-16-18-25(30)19-17-24)28(34)15-10-20-32(2)38(36,37)26-13-8-5-9-14-26/h4-9,11-14,16-19,27H,3,10,15,20-22H2,1-2H3,(H,31,35). The summed E-state index contributed by atoms with van der Waals surface area (Å²) >= 11 is 6.05. The van der Waals surface area contributed by atoms with Crippen LogP contribution >= 0.6 is 11.6 Å². The average molecular weight is 556 g/mol. The predicted molar refractivity (Wildman–Crippen MR) is 150 cm³/mol. The summed E-state index contributed by atoms with van der Waals surface area (Å²) in [6.45, 7) is 2.67. The normalized spacial score (nSPS) is 12.2. The fraction of sp³-hybridized carbons (Fsp3) is 0.310. The third-order valence-electron chi connectivity index (χ3n) is 6.20. The van der Waals surface area contributed by atoms with Crippen molar-refractivity contribution in [1.82, 2.24) is 14.5 Å². The van der Waals surface area contributed by atoms with Crippen molar-refractivity contribution in [3.63, 3.8) is 0 Å². The Balaban J connectivity index is 1.79. The van der Waals surface area contributed by atoms with E-state index in [1.807, 2.05) is 49.4 Å². The molecule has 0 heterocycles. The minimum absolute atomic E-state index is 0.0902. The number of hydrogen-bond acceptors (Lipinski definition) is 4. The van der Waals surface area contributed by atoms with Gasteiger partial charge < -0.3 is 10.2 Å². The number of rotatable bonds is 13. The van der Waals surface area contributed by atoms with Crippen LogP contribution in [0.5, 0.6) is 0 Å². The molecular formula is C29H34ClN3O4S. The molecule has 3 aromatic rings. The number of carbonyl (C=O) groups is 2. The first-order valence-electron chi connectivity index (χ1n) is 12.6. The van der Waals surface area contributed by atoms with E-state index in [2.05, 4.69) is 5.32 Å². The number of nitrogens with one attached hydrogen (secondary N) is 1. The van der Waals surface area contributed by atoms with E-state index in [0.717, 1.165) is 11.1 Å². The van der Waals surface area contributed by atoms with Crippen LogP contribution in [0.1, 0.15) is 30.9 Å². The number of amides is 2. The zero-order valence-electron chi connectivity index (χ0n) is 21.7. The minimum atomic E-state index is -3.66. The fourth-order valence-electron chi connectivity index (χ4n) is 4.12. The first-order chi connectivity index (χ1) is 18.2. The molecule has 0 bridgehead atoms. The summed E-state index contributed by atoms with van der Waals surface area (Å²) in [5.41, 5.74) is 1.78. The first kappa shape index (κ1) is 29.4. The molecule has 0 aliphatic carbocycles. The van der Waals surface area contributed by atoms with Gasteiger partial charge in [0.15, 0.2) is 0 Å². The zero-order valence-corrected chi connectivity index (χ0v) is 23.3. The van der Waals surface area contributed by atoms with Gasteiger partial charge >= 0.3 is 0 Å². The highest BCUT2D eigenvalue weighted by molar-refractivity contribution is 7.89. The van der Waals surface area contributed by atoms with Gasteiger partial charge in [-0.2, -0.15) is 0 Å². The predicted octanol–water partition coefficient (Wildman–Crippen LogP) is 4.52. The lowest BCUT2D eigenvalue weighted by Crippen LogP contribution is -2.50. The molecule has 0 aliphatic heterocycles. The van der Waals surface area contributed by atoms with Crippen molar-refractivity contribution >= 4 is 33.4 Å². The lowest BCUT2D eigenvalue weighted by atomic mass is 10.0. The zero-order chi connectivity index (χ0) is 27.5. The molecule has 0 radical (unpaired) electrons. The summed E-state index contributed by atoms with van der Waals surface area (Å²) < 4.78 is 27.0. The van der Waals surface area contributed by atoms with Crippen LogP contribution in [0.4, 0.5) is 0 Å². The highest BCUT2D eigenvalue weighted by atomic mass is 35.5. The largest absolute Gasteiger partial charge is 0.355 e. The van der Waals surface area contributed by atoms with Gasteiger partial charge in [-0.3, -0.25) is 9.59 Å². The van der Waals surface area contributed by atoms with Crippen molar-refractivity contribution < 1.29 is 18.0 Å². The van der Waals surface area contributed by atoms with Crippen molar-refractivity contribution in [1.29, 1.82) is 0 Å². The molecule has 0 aliphatic rings. The molecule has 0 saturated carbocycles. The van der Waals surface area contributed by atoms with Crippen LogP contribution in [0, 0.1) is 0 Å². The molecule has 0 spiro atoms. The van der Waals surface area contributed by atoms with Crippen molar-refractivity contribution in [3.05, 3.63) is 101 Å². The molecule has 202 valence electrons. The Morgan fingerprint density at radius 2 is 1.50 bits per heavy atom. The second-order valence-electron chi connectivity index (χ2n) is 8.99. The molecule has 0 saturated heterocycles. The maximum absolute atomic E-state index is 13.6. The molecule has 1 N–H and O–H groups in total. The van der Waals surface area contributed by atoms with Crippen LogP contribution < -0.4 is 5.32 Å².